The average molecular weight is 252 g/mol. The van der Waals surface area contributed by atoms with Gasteiger partial charge in [-0.2, -0.15) is 0 Å². The highest BCUT2D eigenvalue weighted by Crippen LogP contribution is 2.50. The zero-order valence-corrected chi connectivity index (χ0v) is 9.93. The number of rotatable bonds is 1. The normalized spacial score (nSPS) is 33.8. The molecule has 3 heterocycles. The molecule has 7 nitrogen and oxygen atoms in total. The Bertz CT molecular complexity index is 646. The van der Waals surface area contributed by atoms with Gasteiger partial charge in [0.1, 0.15) is 11.6 Å². The van der Waals surface area contributed by atoms with Crippen molar-refractivity contribution in [1.29, 1.82) is 0 Å². The maximum absolute atomic E-state index is 11.7. The van der Waals surface area contributed by atoms with E-state index in [0.717, 1.165) is 0 Å². The number of carbonyl (C=O) groups is 1. The van der Waals surface area contributed by atoms with Crippen LogP contribution in [0.3, 0.4) is 0 Å². The second kappa shape index (κ2) is 3.32. The highest BCUT2D eigenvalue weighted by molar-refractivity contribution is 5.82. The molecular weight excluding hydrogens is 240 g/mol. The largest absolute Gasteiger partial charge is 0.434 e. The minimum Gasteiger partial charge on any atom is -0.434 e. The molecule has 1 aromatic heterocycles. The molecule has 3 rings (SSSR count). The van der Waals surface area contributed by atoms with E-state index >= 15 is 0 Å². The number of hydrogen-bond acceptors (Lipinski definition) is 5. The van der Waals surface area contributed by atoms with Crippen molar-refractivity contribution in [1.82, 2.24) is 9.55 Å². The monoisotopic (exact) mass is 252 g/mol. The molecule has 0 saturated carbocycles. The van der Waals surface area contributed by atoms with Crippen molar-refractivity contribution in [2.45, 2.75) is 32.8 Å². The molecule has 1 aromatic rings. The van der Waals surface area contributed by atoms with Gasteiger partial charge in [-0.3, -0.25) is 19.1 Å². The lowest BCUT2D eigenvalue weighted by molar-refractivity contribution is -0.248. The molecule has 3 atom stereocenters. The minimum absolute atomic E-state index is 0.316. The molecule has 7 heteroatoms. The van der Waals surface area contributed by atoms with Gasteiger partial charge in [0, 0.05) is 18.2 Å². The molecule has 2 aliphatic heterocycles. The molecule has 2 aliphatic rings. The van der Waals surface area contributed by atoms with Crippen molar-refractivity contribution >= 4 is 5.97 Å². The summed E-state index contributed by atoms with van der Waals surface area (Å²) in [4.78, 5) is 36.5. The summed E-state index contributed by atoms with van der Waals surface area (Å²) in [5, 5.41) is 0. The van der Waals surface area contributed by atoms with Crippen LogP contribution in [0, 0.1) is 12.3 Å². The van der Waals surface area contributed by atoms with Crippen LogP contribution in [0.1, 0.15) is 25.1 Å². The quantitative estimate of drug-likeness (QED) is 0.690. The Morgan fingerprint density at radius 2 is 2.17 bits per heavy atom. The van der Waals surface area contributed by atoms with Crippen molar-refractivity contribution in [3.05, 3.63) is 32.6 Å². The van der Waals surface area contributed by atoms with E-state index in [1.165, 1.54) is 10.8 Å². The smallest absolute Gasteiger partial charge is 0.330 e. The van der Waals surface area contributed by atoms with E-state index in [1.54, 1.807) is 13.8 Å². The summed E-state index contributed by atoms with van der Waals surface area (Å²) in [5.74, 6) is -0.316. The van der Waals surface area contributed by atoms with Crippen LogP contribution in [0.4, 0.5) is 0 Å². The SMILES string of the molecule is Cc1cn(C2C[C@@]3(C)C(=O)OC3O2)c(=O)[nH]c1=O. The van der Waals surface area contributed by atoms with Crippen molar-refractivity contribution in [2.24, 2.45) is 5.41 Å². The molecule has 18 heavy (non-hydrogen) atoms. The number of nitrogens with one attached hydrogen (secondary N) is 1. The summed E-state index contributed by atoms with van der Waals surface area (Å²) in [6, 6.07) is 0. The Morgan fingerprint density at radius 3 is 2.78 bits per heavy atom. The molecule has 0 amide bonds. The molecular formula is C11H12N2O5. The lowest BCUT2D eigenvalue weighted by atomic mass is 9.83. The van der Waals surface area contributed by atoms with E-state index in [2.05, 4.69) is 4.98 Å². The van der Waals surface area contributed by atoms with Crippen molar-refractivity contribution in [3.8, 4) is 0 Å². The van der Waals surface area contributed by atoms with Gasteiger partial charge in [-0.25, -0.2) is 4.79 Å². The fourth-order valence-corrected chi connectivity index (χ4v) is 2.28. The van der Waals surface area contributed by atoms with Gasteiger partial charge in [0.05, 0.1) is 0 Å². The fourth-order valence-electron chi connectivity index (χ4n) is 2.28. The first kappa shape index (κ1) is 11.2. The summed E-state index contributed by atoms with van der Waals surface area (Å²) in [5.41, 5.74) is -1.24. The fraction of sp³-hybridized carbons (Fsp3) is 0.545. The zero-order valence-electron chi connectivity index (χ0n) is 9.93. The lowest BCUT2D eigenvalue weighted by Gasteiger charge is -2.36. The van der Waals surface area contributed by atoms with Crippen LogP contribution in [-0.4, -0.2) is 21.8 Å². The maximum atomic E-state index is 11.7. The van der Waals surface area contributed by atoms with Gasteiger partial charge in [-0.15, -0.1) is 0 Å². The van der Waals surface area contributed by atoms with Crippen molar-refractivity contribution in [2.75, 3.05) is 0 Å². The molecule has 0 bridgehead atoms. The highest BCUT2D eigenvalue weighted by atomic mass is 16.7. The number of aromatic amines is 1. The van der Waals surface area contributed by atoms with Gasteiger partial charge in [0.25, 0.3) is 5.56 Å². The van der Waals surface area contributed by atoms with Crippen LogP contribution in [0.5, 0.6) is 0 Å². The molecule has 96 valence electrons. The highest BCUT2D eigenvalue weighted by Gasteiger charge is 2.62. The summed E-state index contributed by atoms with van der Waals surface area (Å²) < 4.78 is 11.6. The molecule has 0 radical (unpaired) electrons. The standard InChI is InChI=1S/C11H12N2O5/c1-5-4-13(10(16)12-7(5)14)6-3-11(2)8(15)18-9(11)17-6/h4,6,9H,3H2,1-2H3,(H,12,14,16)/t6?,9?,11-/m0/s1. The second-order valence-corrected chi connectivity index (χ2v) is 4.93. The Morgan fingerprint density at radius 1 is 1.44 bits per heavy atom. The van der Waals surface area contributed by atoms with E-state index < -0.39 is 29.2 Å². The predicted molar refractivity (Wildman–Crippen MR) is 58.8 cm³/mol. The number of aromatic nitrogens is 2. The summed E-state index contributed by atoms with van der Waals surface area (Å²) in [6.07, 6.45) is 0.607. The first-order chi connectivity index (χ1) is 8.41. The van der Waals surface area contributed by atoms with Gasteiger partial charge in [0.15, 0.2) is 0 Å². The van der Waals surface area contributed by atoms with Crippen LogP contribution >= 0.6 is 0 Å². The molecule has 0 spiro atoms. The number of H-pyrrole nitrogens is 1. The molecule has 2 unspecified atom stereocenters. The number of nitrogens with zero attached hydrogens (tertiary/aromatic N) is 1. The van der Waals surface area contributed by atoms with Crippen LogP contribution in [-0.2, 0) is 14.3 Å². The molecule has 2 fully saturated rings. The third kappa shape index (κ3) is 1.30. The third-order valence-electron chi connectivity index (χ3n) is 3.54. The van der Waals surface area contributed by atoms with Gasteiger partial charge in [0.2, 0.25) is 6.29 Å². The number of aryl methyl sites for hydroxylation is 1. The van der Waals surface area contributed by atoms with Crippen LogP contribution in [0.25, 0.3) is 0 Å². The third-order valence-corrected chi connectivity index (χ3v) is 3.54. The van der Waals surface area contributed by atoms with Gasteiger partial charge in [-0.05, 0) is 13.8 Å². The first-order valence-electron chi connectivity index (χ1n) is 5.60. The van der Waals surface area contributed by atoms with Crippen molar-refractivity contribution < 1.29 is 14.3 Å². The van der Waals surface area contributed by atoms with E-state index in [9.17, 15) is 14.4 Å². The molecule has 2 saturated heterocycles. The van der Waals surface area contributed by atoms with Gasteiger partial charge in [-0.1, -0.05) is 0 Å². The summed E-state index contributed by atoms with van der Waals surface area (Å²) in [6.45, 7) is 3.34. The topological polar surface area (TPSA) is 90.4 Å². The predicted octanol–water partition coefficient (Wildman–Crippen LogP) is -0.347. The van der Waals surface area contributed by atoms with E-state index in [0.29, 0.717) is 12.0 Å². The van der Waals surface area contributed by atoms with Crippen LogP contribution in [0.2, 0.25) is 0 Å². The minimum atomic E-state index is -0.686. The van der Waals surface area contributed by atoms with Crippen LogP contribution in [0.15, 0.2) is 15.8 Å². The molecule has 1 N–H and O–H groups in total. The van der Waals surface area contributed by atoms with E-state index in [4.69, 9.17) is 9.47 Å². The first-order valence-corrected chi connectivity index (χ1v) is 5.60. The van der Waals surface area contributed by atoms with E-state index in [1.807, 2.05) is 0 Å². The van der Waals surface area contributed by atoms with Gasteiger partial charge < -0.3 is 9.47 Å². The van der Waals surface area contributed by atoms with Crippen molar-refractivity contribution in [3.63, 3.8) is 0 Å². The Hall–Kier alpha value is -1.89. The van der Waals surface area contributed by atoms with Gasteiger partial charge >= 0.3 is 11.7 Å². The zero-order chi connectivity index (χ0) is 13.1. The molecule has 0 aliphatic carbocycles. The Balaban J connectivity index is 1.99. The number of fused-ring (bicyclic) bond motifs is 1. The second-order valence-electron chi connectivity index (χ2n) is 4.93. The summed E-state index contributed by atoms with van der Waals surface area (Å²) in [7, 11) is 0. The Kier molecular flexibility index (Phi) is 2.07. The molecule has 0 aromatic carbocycles. The number of ether oxygens (including phenoxy) is 2. The number of hydrogen-bond donors (Lipinski definition) is 1. The number of carbonyl (C=O) groups excluding carboxylic acids is 1. The summed E-state index contributed by atoms with van der Waals surface area (Å²) >= 11 is 0. The van der Waals surface area contributed by atoms with E-state index in [-0.39, 0.29) is 5.97 Å². The number of esters is 1. The Labute approximate surface area is 101 Å². The maximum Gasteiger partial charge on any atom is 0.330 e. The lowest BCUT2D eigenvalue weighted by Crippen LogP contribution is -2.51. The van der Waals surface area contributed by atoms with Crippen LogP contribution < -0.4 is 11.2 Å². The average Bonchev–Trinajstić information content (AvgIpc) is 2.57.